The van der Waals surface area contributed by atoms with Crippen LogP contribution >= 0.6 is 0 Å². The summed E-state index contributed by atoms with van der Waals surface area (Å²) in [6.07, 6.45) is 0.170. The van der Waals surface area contributed by atoms with Gasteiger partial charge in [0.05, 0.1) is 0 Å². The van der Waals surface area contributed by atoms with Gasteiger partial charge in [-0.2, -0.15) is 0 Å². The Morgan fingerprint density at radius 1 is 0.667 bits per heavy atom. The van der Waals surface area contributed by atoms with Gasteiger partial charge in [-0.05, 0) is 25.7 Å². The van der Waals surface area contributed by atoms with Gasteiger partial charge in [0, 0.05) is 11.8 Å². The van der Waals surface area contributed by atoms with Crippen molar-refractivity contribution in [2.24, 2.45) is 11.8 Å². The van der Waals surface area contributed by atoms with Gasteiger partial charge in [0.1, 0.15) is 0 Å². The van der Waals surface area contributed by atoms with Gasteiger partial charge < -0.3 is 20.4 Å². The first-order valence-corrected chi connectivity index (χ1v) is 4.33. The van der Waals surface area contributed by atoms with E-state index in [-0.39, 0.29) is 11.8 Å². The molecule has 0 spiro atoms. The fourth-order valence-electron chi connectivity index (χ4n) is 1.74. The first kappa shape index (κ1) is 9.92. The maximum Gasteiger partial charge on any atom is 0.154 e. The van der Waals surface area contributed by atoms with E-state index in [1.807, 2.05) is 0 Å². The second-order valence-corrected chi connectivity index (χ2v) is 3.50. The number of aliphatic hydroxyl groups is 4. The Hall–Kier alpha value is -0.160. The molecule has 1 fully saturated rings. The van der Waals surface area contributed by atoms with E-state index in [9.17, 15) is 0 Å². The van der Waals surface area contributed by atoms with Crippen molar-refractivity contribution in [2.75, 3.05) is 0 Å². The fourth-order valence-corrected chi connectivity index (χ4v) is 1.74. The lowest BCUT2D eigenvalue weighted by molar-refractivity contribution is -0.125. The van der Waals surface area contributed by atoms with E-state index in [0.29, 0.717) is 25.7 Å². The van der Waals surface area contributed by atoms with Gasteiger partial charge in [-0.15, -0.1) is 0 Å². The molecule has 0 amide bonds. The van der Waals surface area contributed by atoms with Gasteiger partial charge in [0.15, 0.2) is 12.6 Å². The highest BCUT2D eigenvalue weighted by atomic mass is 16.5. The Balaban J connectivity index is 2.30. The molecule has 0 saturated heterocycles. The second-order valence-electron chi connectivity index (χ2n) is 3.50. The maximum absolute atomic E-state index is 8.83. The van der Waals surface area contributed by atoms with Crippen molar-refractivity contribution in [1.29, 1.82) is 0 Å². The van der Waals surface area contributed by atoms with Gasteiger partial charge in [-0.3, -0.25) is 0 Å². The van der Waals surface area contributed by atoms with Crippen LogP contribution in [0.1, 0.15) is 25.7 Å². The average molecular weight is 176 g/mol. The maximum atomic E-state index is 8.83. The molecule has 1 rings (SSSR count). The van der Waals surface area contributed by atoms with Crippen LogP contribution in [-0.4, -0.2) is 33.0 Å². The zero-order chi connectivity index (χ0) is 9.14. The summed E-state index contributed by atoms with van der Waals surface area (Å²) >= 11 is 0. The number of hydrogen-bond donors (Lipinski definition) is 4. The van der Waals surface area contributed by atoms with Crippen molar-refractivity contribution in [3.8, 4) is 0 Å². The van der Waals surface area contributed by atoms with Crippen LogP contribution in [0.3, 0.4) is 0 Å². The molecular formula is C8H16O4. The van der Waals surface area contributed by atoms with E-state index >= 15 is 0 Å². The molecule has 1 saturated carbocycles. The summed E-state index contributed by atoms with van der Waals surface area (Å²) in [5.41, 5.74) is 0. The molecule has 72 valence electrons. The summed E-state index contributed by atoms with van der Waals surface area (Å²) in [6.45, 7) is 0. The highest BCUT2D eigenvalue weighted by Gasteiger charge is 2.28. The molecule has 1 aliphatic carbocycles. The third-order valence-corrected chi connectivity index (χ3v) is 2.66. The van der Waals surface area contributed by atoms with E-state index in [2.05, 4.69) is 0 Å². The van der Waals surface area contributed by atoms with Gasteiger partial charge in [0.2, 0.25) is 0 Å². The fraction of sp³-hybridized carbons (Fsp3) is 1.00. The van der Waals surface area contributed by atoms with E-state index in [4.69, 9.17) is 20.4 Å². The Morgan fingerprint density at radius 3 is 1.08 bits per heavy atom. The summed E-state index contributed by atoms with van der Waals surface area (Å²) in [5, 5.41) is 35.3. The Morgan fingerprint density at radius 2 is 0.917 bits per heavy atom. The highest BCUT2D eigenvalue weighted by molar-refractivity contribution is 4.74. The van der Waals surface area contributed by atoms with Crippen molar-refractivity contribution in [2.45, 2.75) is 38.3 Å². The molecule has 4 N–H and O–H groups in total. The molecule has 0 aliphatic heterocycles. The Kier molecular flexibility index (Phi) is 3.46. The van der Waals surface area contributed by atoms with Crippen LogP contribution in [0.5, 0.6) is 0 Å². The molecular weight excluding hydrogens is 160 g/mol. The number of rotatable bonds is 2. The van der Waals surface area contributed by atoms with E-state index in [1.165, 1.54) is 0 Å². The standard InChI is InChI=1S/C8H16O4/c9-7(10)5-1-2-6(4-3-5)8(11)12/h5-12H,1-4H2. The quantitative estimate of drug-likeness (QED) is 0.424. The third kappa shape index (κ3) is 2.42. The Bertz CT molecular complexity index is 111. The molecule has 0 radical (unpaired) electrons. The highest BCUT2D eigenvalue weighted by Crippen LogP contribution is 2.31. The van der Waals surface area contributed by atoms with Crippen LogP contribution in [0, 0.1) is 11.8 Å². The van der Waals surface area contributed by atoms with Crippen molar-refractivity contribution < 1.29 is 20.4 Å². The minimum absolute atomic E-state index is 0.0833. The molecule has 1 aliphatic rings. The first-order chi connectivity index (χ1) is 5.61. The Labute approximate surface area is 71.5 Å². The lowest BCUT2D eigenvalue weighted by atomic mass is 9.81. The van der Waals surface area contributed by atoms with Crippen LogP contribution in [0.15, 0.2) is 0 Å². The predicted octanol–water partition coefficient (Wildman–Crippen LogP) is -0.586. The number of hydrogen-bond acceptors (Lipinski definition) is 4. The monoisotopic (exact) mass is 176 g/mol. The topological polar surface area (TPSA) is 80.9 Å². The zero-order valence-electron chi connectivity index (χ0n) is 6.93. The lowest BCUT2D eigenvalue weighted by Crippen LogP contribution is -2.30. The normalized spacial score (nSPS) is 31.5. The van der Waals surface area contributed by atoms with Crippen LogP contribution in [0.2, 0.25) is 0 Å². The predicted molar refractivity (Wildman–Crippen MR) is 41.9 cm³/mol. The van der Waals surface area contributed by atoms with Gasteiger partial charge >= 0.3 is 0 Å². The van der Waals surface area contributed by atoms with Gasteiger partial charge in [-0.25, -0.2) is 0 Å². The van der Waals surface area contributed by atoms with Crippen molar-refractivity contribution in [3.63, 3.8) is 0 Å². The van der Waals surface area contributed by atoms with Gasteiger partial charge in [0.25, 0.3) is 0 Å². The van der Waals surface area contributed by atoms with Gasteiger partial charge in [-0.1, -0.05) is 0 Å². The molecule has 0 aromatic carbocycles. The number of aliphatic hydroxyl groups excluding tert-OH is 2. The van der Waals surface area contributed by atoms with Crippen molar-refractivity contribution >= 4 is 0 Å². The molecule has 4 heteroatoms. The molecule has 0 heterocycles. The first-order valence-electron chi connectivity index (χ1n) is 4.33. The van der Waals surface area contributed by atoms with E-state index < -0.39 is 12.6 Å². The zero-order valence-corrected chi connectivity index (χ0v) is 6.93. The molecule has 0 aromatic rings. The van der Waals surface area contributed by atoms with E-state index in [1.54, 1.807) is 0 Å². The molecule has 12 heavy (non-hydrogen) atoms. The van der Waals surface area contributed by atoms with Crippen molar-refractivity contribution in [3.05, 3.63) is 0 Å². The average Bonchev–Trinajstić information content (AvgIpc) is 2.04. The van der Waals surface area contributed by atoms with Crippen molar-refractivity contribution in [1.82, 2.24) is 0 Å². The SMILES string of the molecule is OC(O)C1CCC(C(O)O)CC1. The minimum Gasteiger partial charge on any atom is -0.368 e. The van der Waals surface area contributed by atoms with Crippen LogP contribution in [0.25, 0.3) is 0 Å². The second kappa shape index (κ2) is 4.18. The van der Waals surface area contributed by atoms with Crippen LogP contribution < -0.4 is 0 Å². The summed E-state index contributed by atoms with van der Waals surface area (Å²) in [7, 11) is 0. The van der Waals surface area contributed by atoms with Crippen LogP contribution in [-0.2, 0) is 0 Å². The molecule has 0 bridgehead atoms. The smallest absolute Gasteiger partial charge is 0.154 e. The molecule has 0 aromatic heterocycles. The van der Waals surface area contributed by atoms with Crippen LogP contribution in [0.4, 0.5) is 0 Å². The summed E-state index contributed by atoms with van der Waals surface area (Å²) in [4.78, 5) is 0. The summed E-state index contributed by atoms with van der Waals surface area (Å²) in [6, 6.07) is 0. The molecule has 0 unspecified atom stereocenters. The molecule has 0 atom stereocenters. The third-order valence-electron chi connectivity index (χ3n) is 2.66. The summed E-state index contributed by atoms with van der Waals surface area (Å²) in [5.74, 6) is -0.167. The minimum atomic E-state index is -1.25. The summed E-state index contributed by atoms with van der Waals surface area (Å²) < 4.78 is 0. The van der Waals surface area contributed by atoms with E-state index in [0.717, 1.165) is 0 Å². The molecule has 4 nitrogen and oxygen atoms in total. The lowest BCUT2D eigenvalue weighted by Gasteiger charge is -2.30. The largest absolute Gasteiger partial charge is 0.368 e.